The third-order valence-electron chi connectivity index (χ3n) is 4.93. The molecule has 0 bridgehead atoms. The topological polar surface area (TPSA) is 201 Å². The van der Waals surface area contributed by atoms with Gasteiger partial charge in [-0.25, -0.2) is 0 Å². The molecular weight excluding hydrogens is 462 g/mol. The standard InChI is InChI=1S/C20H23N9O6/c1-26-9-11(6-13(26)18(31)22-5-4-16(21)30)23-19(32)14-7-12(10-27(14)2)24-20(33)15-8-17(29(34)35)25-28(15)3/h6-10H,4-5H2,1-3H3,(H2,21,30)(H,22,31)(H,23,32)(H,24,33). The molecular formula is C20H23N9O6. The summed E-state index contributed by atoms with van der Waals surface area (Å²) in [4.78, 5) is 58.5. The third kappa shape index (κ3) is 5.70. The van der Waals surface area contributed by atoms with Crippen LogP contribution < -0.4 is 21.7 Å². The van der Waals surface area contributed by atoms with Crippen molar-refractivity contribution in [3.8, 4) is 0 Å². The van der Waals surface area contributed by atoms with Crippen molar-refractivity contribution in [1.29, 1.82) is 0 Å². The first-order valence-electron chi connectivity index (χ1n) is 10.2. The number of carbonyl (C=O) groups excluding carboxylic acids is 4. The first-order valence-corrected chi connectivity index (χ1v) is 10.2. The van der Waals surface area contributed by atoms with Gasteiger partial charge in [0.25, 0.3) is 17.7 Å². The lowest BCUT2D eigenvalue weighted by Crippen LogP contribution is -2.29. The van der Waals surface area contributed by atoms with Crippen molar-refractivity contribution < 1.29 is 24.1 Å². The summed E-state index contributed by atoms with van der Waals surface area (Å²) >= 11 is 0. The van der Waals surface area contributed by atoms with Gasteiger partial charge < -0.3 is 40.9 Å². The second kappa shape index (κ2) is 9.90. The summed E-state index contributed by atoms with van der Waals surface area (Å²) in [5.74, 6) is -2.58. The van der Waals surface area contributed by atoms with Gasteiger partial charge in [0, 0.05) is 39.5 Å². The maximum atomic E-state index is 12.8. The predicted molar refractivity (Wildman–Crippen MR) is 123 cm³/mol. The van der Waals surface area contributed by atoms with Gasteiger partial charge in [0.05, 0.1) is 29.6 Å². The Balaban J connectivity index is 1.68. The largest absolute Gasteiger partial charge is 0.390 e. The van der Waals surface area contributed by atoms with Crippen LogP contribution in [0.2, 0.25) is 0 Å². The SMILES string of the molecule is Cn1cc(NC(=O)c2cc(NC(=O)c3cc([N+](=O)[O-])nn3C)cn2C)cc1C(=O)NCCC(N)=O. The number of hydrogen-bond acceptors (Lipinski definition) is 7. The van der Waals surface area contributed by atoms with Crippen molar-refractivity contribution in [3.05, 3.63) is 57.8 Å². The molecule has 35 heavy (non-hydrogen) atoms. The van der Waals surface area contributed by atoms with E-state index in [2.05, 4.69) is 21.0 Å². The molecule has 5 N–H and O–H groups in total. The van der Waals surface area contributed by atoms with Crippen LogP contribution in [0.15, 0.2) is 30.6 Å². The van der Waals surface area contributed by atoms with Gasteiger partial charge in [0.1, 0.15) is 11.4 Å². The fourth-order valence-corrected chi connectivity index (χ4v) is 3.25. The Bertz CT molecular complexity index is 1330. The van der Waals surface area contributed by atoms with Crippen LogP contribution in [-0.4, -0.2) is 54.0 Å². The van der Waals surface area contributed by atoms with Crippen LogP contribution in [0.5, 0.6) is 0 Å². The zero-order chi connectivity index (χ0) is 25.9. The van der Waals surface area contributed by atoms with Crippen molar-refractivity contribution >= 4 is 40.8 Å². The van der Waals surface area contributed by atoms with Crippen LogP contribution in [0.25, 0.3) is 0 Å². The molecule has 3 aromatic rings. The first kappa shape index (κ1) is 24.7. The maximum absolute atomic E-state index is 12.8. The highest BCUT2D eigenvalue weighted by Gasteiger charge is 2.22. The molecule has 0 atom stereocenters. The second-order valence-electron chi connectivity index (χ2n) is 7.60. The van der Waals surface area contributed by atoms with Gasteiger partial charge in [-0.1, -0.05) is 0 Å². The average Bonchev–Trinajstić information content (AvgIpc) is 3.44. The summed E-state index contributed by atoms with van der Waals surface area (Å²) in [5.41, 5.74) is 6.12. The van der Waals surface area contributed by atoms with E-state index >= 15 is 0 Å². The van der Waals surface area contributed by atoms with E-state index in [1.165, 1.54) is 34.5 Å². The second-order valence-corrected chi connectivity index (χ2v) is 7.60. The molecule has 0 unspecified atom stereocenters. The van der Waals surface area contributed by atoms with E-state index in [9.17, 15) is 29.3 Å². The fourth-order valence-electron chi connectivity index (χ4n) is 3.25. The zero-order valence-corrected chi connectivity index (χ0v) is 19.1. The van der Waals surface area contributed by atoms with Crippen LogP contribution in [0.1, 0.15) is 37.9 Å². The van der Waals surface area contributed by atoms with Crippen molar-refractivity contribution in [2.24, 2.45) is 26.9 Å². The number of nitrogens with zero attached hydrogens (tertiary/aromatic N) is 5. The van der Waals surface area contributed by atoms with E-state index in [0.29, 0.717) is 5.69 Å². The molecule has 0 fully saturated rings. The quantitative estimate of drug-likeness (QED) is 0.243. The molecule has 15 nitrogen and oxygen atoms in total. The minimum Gasteiger partial charge on any atom is -0.370 e. The number of carbonyl (C=O) groups is 4. The number of primary amides is 1. The van der Waals surface area contributed by atoms with E-state index in [1.54, 1.807) is 20.3 Å². The Kier molecular flexibility index (Phi) is 6.98. The third-order valence-corrected chi connectivity index (χ3v) is 4.93. The molecule has 184 valence electrons. The Morgan fingerprint density at radius 1 is 0.914 bits per heavy atom. The molecule has 0 saturated carbocycles. The van der Waals surface area contributed by atoms with Crippen LogP contribution in [0.3, 0.4) is 0 Å². The molecule has 0 saturated heterocycles. The number of anilines is 2. The minimum absolute atomic E-state index is 0.00358. The predicted octanol–water partition coefficient (Wildman–Crippen LogP) is 0.115. The van der Waals surface area contributed by atoms with Gasteiger partial charge in [-0.15, -0.1) is 0 Å². The number of nitrogens with two attached hydrogens (primary N) is 1. The van der Waals surface area contributed by atoms with Crippen molar-refractivity contribution in [2.45, 2.75) is 6.42 Å². The summed E-state index contributed by atoms with van der Waals surface area (Å²) in [6.45, 7) is 0.0883. The van der Waals surface area contributed by atoms with E-state index in [0.717, 1.165) is 10.7 Å². The molecule has 3 heterocycles. The number of nitrogens with one attached hydrogen (secondary N) is 3. The van der Waals surface area contributed by atoms with Crippen LogP contribution >= 0.6 is 0 Å². The lowest BCUT2D eigenvalue weighted by atomic mass is 10.3. The number of hydrogen-bond donors (Lipinski definition) is 4. The summed E-state index contributed by atoms with van der Waals surface area (Å²) in [6.07, 6.45) is 3.05. The average molecular weight is 485 g/mol. The van der Waals surface area contributed by atoms with E-state index < -0.39 is 34.4 Å². The molecule has 0 spiro atoms. The number of amides is 4. The number of rotatable bonds is 9. The number of aryl methyl sites for hydroxylation is 3. The minimum atomic E-state index is -0.707. The van der Waals surface area contributed by atoms with Crippen molar-refractivity contribution in [3.63, 3.8) is 0 Å². The molecule has 0 radical (unpaired) electrons. The summed E-state index contributed by atoms with van der Waals surface area (Å²) in [5, 5.41) is 22.3. The maximum Gasteiger partial charge on any atom is 0.390 e. The van der Waals surface area contributed by atoms with E-state index in [4.69, 9.17) is 5.73 Å². The molecule has 4 amide bonds. The lowest BCUT2D eigenvalue weighted by Gasteiger charge is -2.04. The monoisotopic (exact) mass is 485 g/mol. The van der Waals surface area contributed by atoms with E-state index in [-0.39, 0.29) is 35.7 Å². The van der Waals surface area contributed by atoms with Gasteiger partial charge in [-0.2, -0.15) is 4.68 Å². The molecule has 0 aliphatic rings. The van der Waals surface area contributed by atoms with Gasteiger partial charge >= 0.3 is 5.82 Å². The highest BCUT2D eigenvalue weighted by atomic mass is 16.6. The van der Waals surface area contributed by atoms with Crippen molar-refractivity contribution in [1.82, 2.24) is 24.2 Å². The summed E-state index contributed by atoms with van der Waals surface area (Å²) in [6, 6.07) is 3.94. The highest BCUT2D eigenvalue weighted by Crippen LogP contribution is 2.19. The van der Waals surface area contributed by atoms with Crippen LogP contribution in [-0.2, 0) is 25.9 Å². The highest BCUT2D eigenvalue weighted by molar-refractivity contribution is 6.07. The molecule has 0 aliphatic heterocycles. The zero-order valence-electron chi connectivity index (χ0n) is 19.1. The van der Waals surface area contributed by atoms with Gasteiger partial charge in [0.15, 0.2) is 5.69 Å². The van der Waals surface area contributed by atoms with Crippen LogP contribution in [0.4, 0.5) is 17.2 Å². The Hall–Kier alpha value is -4.95. The van der Waals surface area contributed by atoms with Crippen molar-refractivity contribution in [2.75, 3.05) is 17.2 Å². The fraction of sp³-hybridized carbons (Fsp3) is 0.250. The van der Waals surface area contributed by atoms with Gasteiger partial charge in [-0.05, 0) is 17.1 Å². The molecule has 3 aromatic heterocycles. The molecule has 0 aliphatic carbocycles. The number of aromatic nitrogens is 4. The summed E-state index contributed by atoms with van der Waals surface area (Å²) in [7, 11) is 4.62. The Labute approximate surface area is 198 Å². The van der Waals surface area contributed by atoms with E-state index in [1.807, 2.05) is 0 Å². The molecule has 15 heteroatoms. The normalized spacial score (nSPS) is 10.6. The first-order chi connectivity index (χ1) is 16.5. The Morgan fingerprint density at radius 2 is 1.43 bits per heavy atom. The van der Waals surface area contributed by atoms with Gasteiger partial charge in [-0.3, -0.25) is 19.2 Å². The lowest BCUT2D eigenvalue weighted by molar-refractivity contribution is -0.389. The summed E-state index contributed by atoms with van der Waals surface area (Å²) < 4.78 is 4.08. The molecule has 0 aromatic carbocycles. The van der Waals surface area contributed by atoms with Crippen LogP contribution in [0, 0.1) is 10.1 Å². The van der Waals surface area contributed by atoms with Gasteiger partial charge in [0.2, 0.25) is 5.91 Å². The smallest absolute Gasteiger partial charge is 0.370 e. The molecule has 3 rings (SSSR count). The Morgan fingerprint density at radius 3 is 1.91 bits per heavy atom. The number of nitro groups is 1.